The first-order chi connectivity index (χ1) is 12.2. The van der Waals surface area contributed by atoms with Crippen molar-refractivity contribution in [3.63, 3.8) is 0 Å². The largest absolute Gasteiger partial charge is 0.343 e. The van der Waals surface area contributed by atoms with Gasteiger partial charge in [0.2, 0.25) is 0 Å². The molecule has 0 spiro atoms. The van der Waals surface area contributed by atoms with E-state index in [1.165, 1.54) is 0 Å². The second kappa shape index (κ2) is 6.19. The molecule has 0 unspecified atom stereocenters. The minimum atomic E-state index is 0.0706. The van der Waals surface area contributed by atoms with Gasteiger partial charge in [0.1, 0.15) is 0 Å². The van der Waals surface area contributed by atoms with Crippen LogP contribution < -0.4 is 5.73 Å². The van der Waals surface area contributed by atoms with Gasteiger partial charge >= 0.3 is 0 Å². The number of hydrogen-bond acceptors (Lipinski definition) is 2. The summed E-state index contributed by atoms with van der Waals surface area (Å²) in [6.45, 7) is 3.25. The van der Waals surface area contributed by atoms with Crippen molar-refractivity contribution in [2.45, 2.75) is 13.5 Å². The molecular weight excluding hydrogens is 308 g/mol. The average Bonchev–Trinajstić information content (AvgIpc) is 2.93. The number of fused-ring (bicyclic) bond motifs is 2. The van der Waals surface area contributed by atoms with Gasteiger partial charge in [0.25, 0.3) is 0 Å². The van der Waals surface area contributed by atoms with E-state index in [-0.39, 0.29) is 5.78 Å². The molecule has 0 fully saturated rings. The third-order valence-corrected chi connectivity index (χ3v) is 4.84. The third-order valence-electron chi connectivity index (χ3n) is 4.84. The van der Waals surface area contributed by atoms with E-state index >= 15 is 0 Å². The summed E-state index contributed by atoms with van der Waals surface area (Å²) < 4.78 is 2.15. The molecular formula is C22H20N2O. The van der Waals surface area contributed by atoms with Crippen LogP contribution >= 0.6 is 0 Å². The lowest BCUT2D eigenvalue weighted by Crippen LogP contribution is -2.12. The smallest absolute Gasteiger partial charge is 0.196 e. The summed E-state index contributed by atoms with van der Waals surface area (Å²) in [5.74, 6) is 0.0706. The first-order valence-electron chi connectivity index (χ1n) is 8.52. The monoisotopic (exact) mass is 328 g/mol. The Bertz CT molecular complexity index is 1090. The van der Waals surface area contributed by atoms with Gasteiger partial charge in [-0.25, -0.2) is 0 Å². The van der Waals surface area contributed by atoms with Gasteiger partial charge in [-0.15, -0.1) is 0 Å². The molecule has 25 heavy (non-hydrogen) atoms. The van der Waals surface area contributed by atoms with Gasteiger partial charge in [0, 0.05) is 35.2 Å². The van der Waals surface area contributed by atoms with E-state index in [2.05, 4.69) is 10.6 Å². The maximum atomic E-state index is 13.5. The quantitative estimate of drug-likeness (QED) is 0.568. The highest BCUT2D eigenvalue weighted by atomic mass is 16.1. The lowest BCUT2D eigenvalue weighted by Gasteiger charge is -2.08. The van der Waals surface area contributed by atoms with Crippen molar-refractivity contribution in [3.8, 4) is 0 Å². The standard InChI is InChI=1S/C22H20N2O/c1-15-21(19-10-4-5-12-20(19)24(15)14-13-23)22(25)18-11-6-8-16-7-2-3-9-17(16)18/h2-12H,13-14,23H2,1H3. The van der Waals surface area contributed by atoms with E-state index in [4.69, 9.17) is 5.73 Å². The van der Waals surface area contributed by atoms with Crippen molar-refractivity contribution in [1.29, 1.82) is 0 Å². The normalized spacial score (nSPS) is 11.3. The van der Waals surface area contributed by atoms with Crippen molar-refractivity contribution >= 4 is 27.5 Å². The number of para-hydroxylation sites is 1. The summed E-state index contributed by atoms with van der Waals surface area (Å²) in [6.07, 6.45) is 0. The van der Waals surface area contributed by atoms with E-state index in [0.29, 0.717) is 13.1 Å². The van der Waals surface area contributed by atoms with Gasteiger partial charge in [0.05, 0.1) is 5.56 Å². The molecule has 0 radical (unpaired) electrons. The first-order valence-corrected chi connectivity index (χ1v) is 8.52. The summed E-state index contributed by atoms with van der Waals surface area (Å²) >= 11 is 0. The highest BCUT2D eigenvalue weighted by Gasteiger charge is 2.21. The van der Waals surface area contributed by atoms with Gasteiger partial charge in [-0.05, 0) is 23.8 Å². The number of nitrogens with two attached hydrogens (primary N) is 1. The number of carbonyl (C=O) groups excluding carboxylic acids is 1. The van der Waals surface area contributed by atoms with E-state index in [1.54, 1.807) is 0 Å². The lowest BCUT2D eigenvalue weighted by molar-refractivity contribution is 0.104. The predicted molar refractivity (Wildman–Crippen MR) is 103 cm³/mol. The van der Waals surface area contributed by atoms with Gasteiger partial charge in [-0.3, -0.25) is 4.79 Å². The molecule has 0 aliphatic carbocycles. The molecule has 0 amide bonds. The molecule has 3 aromatic carbocycles. The fraction of sp³-hybridized carbons (Fsp3) is 0.136. The summed E-state index contributed by atoms with van der Waals surface area (Å²) in [6, 6.07) is 22.0. The summed E-state index contributed by atoms with van der Waals surface area (Å²) in [5, 5.41) is 3.06. The average molecular weight is 328 g/mol. The summed E-state index contributed by atoms with van der Waals surface area (Å²) in [4.78, 5) is 13.5. The van der Waals surface area contributed by atoms with Crippen LogP contribution in [-0.4, -0.2) is 16.9 Å². The minimum Gasteiger partial charge on any atom is -0.343 e. The Labute approximate surface area is 146 Å². The van der Waals surface area contributed by atoms with Crippen LogP contribution in [0.3, 0.4) is 0 Å². The number of ketones is 1. The van der Waals surface area contributed by atoms with Crippen LogP contribution in [0.4, 0.5) is 0 Å². The zero-order valence-corrected chi connectivity index (χ0v) is 14.2. The van der Waals surface area contributed by atoms with Crippen LogP contribution in [0.25, 0.3) is 21.7 Å². The minimum absolute atomic E-state index is 0.0706. The number of nitrogens with zero attached hydrogens (tertiary/aromatic N) is 1. The molecule has 0 saturated heterocycles. The van der Waals surface area contributed by atoms with Crippen LogP contribution in [0.15, 0.2) is 66.7 Å². The Hall–Kier alpha value is -2.91. The van der Waals surface area contributed by atoms with Crippen LogP contribution in [-0.2, 0) is 6.54 Å². The van der Waals surface area contributed by atoms with Gasteiger partial charge in [0.15, 0.2) is 5.78 Å². The van der Waals surface area contributed by atoms with Crippen molar-refractivity contribution in [1.82, 2.24) is 4.57 Å². The molecule has 3 nitrogen and oxygen atoms in total. The fourth-order valence-corrected chi connectivity index (χ4v) is 3.69. The number of carbonyl (C=O) groups is 1. The van der Waals surface area contributed by atoms with E-state index in [1.807, 2.05) is 67.6 Å². The number of benzene rings is 3. The molecule has 2 N–H and O–H groups in total. The third kappa shape index (κ3) is 2.44. The maximum absolute atomic E-state index is 13.5. The molecule has 1 heterocycles. The number of rotatable bonds is 4. The molecule has 3 heteroatoms. The fourth-order valence-electron chi connectivity index (χ4n) is 3.69. The van der Waals surface area contributed by atoms with E-state index in [0.717, 1.165) is 38.5 Å². The van der Waals surface area contributed by atoms with Crippen molar-refractivity contribution in [2.75, 3.05) is 6.54 Å². The maximum Gasteiger partial charge on any atom is 0.196 e. The predicted octanol–water partition coefficient (Wildman–Crippen LogP) is 4.29. The zero-order chi connectivity index (χ0) is 17.4. The molecule has 1 aromatic heterocycles. The molecule has 0 atom stereocenters. The summed E-state index contributed by atoms with van der Waals surface area (Å²) in [7, 11) is 0. The van der Waals surface area contributed by atoms with Gasteiger partial charge < -0.3 is 10.3 Å². The van der Waals surface area contributed by atoms with Crippen LogP contribution in [0.2, 0.25) is 0 Å². The summed E-state index contributed by atoms with van der Waals surface area (Å²) in [5.41, 5.74) is 9.35. The first kappa shape index (κ1) is 15.6. The van der Waals surface area contributed by atoms with Crippen LogP contribution in [0, 0.1) is 6.92 Å². The zero-order valence-electron chi connectivity index (χ0n) is 14.2. The highest BCUT2D eigenvalue weighted by Crippen LogP contribution is 2.30. The Morgan fingerprint density at radius 3 is 2.40 bits per heavy atom. The second-order valence-electron chi connectivity index (χ2n) is 6.27. The molecule has 0 aliphatic rings. The van der Waals surface area contributed by atoms with Gasteiger partial charge in [-0.2, -0.15) is 0 Å². The Balaban J connectivity index is 1.98. The highest BCUT2D eigenvalue weighted by molar-refractivity contribution is 6.22. The number of hydrogen-bond donors (Lipinski definition) is 1. The SMILES string of the molecule is Cc1c(C(=O)c2cccc3ccccc23)c2ccccc2n1CCN. The van der Waals surface area contributed by atoms with Crippen LogP contribution in [0.1, 0.15) is 21.6 Å². The Morgan fingerprint density at radius 2 is 1.60 bits per heavy atom. The van der Waals surface area contributed by atoms with Crippen LogP contribution in [0.5, 0.6) is 0 Å². The molecule has 0 aliphatic heterocycles. The van der Waals surface area contributed by atoms with Crippen molar-refractivity contribution < 1.29 is 4.79 Å². The molecule has 124 valence electrons. The molecule has 4 aromatic rings. The topological polar surface area (TPSA) is 48.0 Å². The van der Waals surface area contributed by atoms with Gasteiger partial charge in [-0.1, -0.05) is 60.7 Å². The lowest BCUT2D eigenvalue weighted by atomic mass is 9.95. The number of aromatic nitrogens is 1. The molecule has 0 saturated carbocycles. The molecule has 0 bridgehead atoms. The Morgan fingerprint density at radius 1 is 0.920 bits per heavy atom. The van der Waals surface area contributed by atoms with Crippen molar-refractivity contribution in [3.05, 3.63) is 83.6 Å². The second-order valence-corrected chi connectivity index (χ2v) is 6.27. The van der Waals surface area contributed by atoms with E-state index in [9.17, 15) is 4.79 Å². The van der Waals surface area contributed by atoms with Crippen molar-refractivity contribution in [2.24, 2.45) is 5.73 Å². The Kier molecular flexibility index (Phi) is 3.86. The molecule has 4 rings (SSSR count). The van der Waals surface area contributed by atoms with E-state index < -0.39 is 0 Å².